The summed E-state index contributed by atoms with van der Waals surface area (Å²) in [6.45, 7) is 9.57. The van der Waals surface area contributed by atoms with Gasteiger partial charge in [-0.2, -0.15) is 8.42 Å². The number of Topliss-reactive ketones (excluding diaryl/α,β-unsaturated/α-hetero) is 1. The lowest BCUT2D eigenvalue weighted by Crippen LogP contribution is -2.57. The van der Waals surface area contributed by atoms with Crippen molar-refractivity contribution in [1.82, 2.24) is 10.9 Å². The molecule has 2 aromatic rings. The quantitative estimate of drug-likeness (QED) is 0.0625. The number of ketones is 1. The fourth-order valence-electron chi connectivity index (χ4n) is 5.48. The molecule has 0 heterocycles. The van der Waals surface area contributed by atoms with Gasteiger partial charge in [-0.15, -0.1) is 0 Å². The van der Waals surface area contributed by atoms with Crippen molar-refractivity contribution in [2.45, 2.75) is 70.7 Å². The zero-order valence-corrected chi connectivity index (χ0v) is 26.8. The van der Waals surface area contributed by atoms with Gasteiger partial charge >= 0.3 is 0 Å². The lowest BCUT2D eigenvalue weighted by Gasteiger charge is -2.42. The third-order valence-electron chi connectivity index (χ3n) is 7.66. The number of carbonyl (C=O) groups is 3. The second-order valence-electron chi connectivity index (χ2n) is 12.4. The van der Waals surface area contributed by atoms with Gasteiger partial charge in [-0.05, 0) is 62.1 Å². The number of nitrogens with two attached hydrogens (primary N) is 2. The van der Waals surface area contributed by atoms with Crippen molar-refractivity contribution in [3.05, 3.63) is 71.8 Å². The molecule has 1 unspecified atom stereocenters. The van der Waals surface area contributed by atoms with Gasteiger partial charge in [0.05, 0.1) is 27.7 Å². The fourth-order valence-corrected chi connectivity index (χ4v) is 5.96. The predicted molar refractivity (Wildman–Crippen MR) is 168 cm³/mol. The standard InChI is InChI=1S/C25H38N4O4.C7H8O3S/c1-16(2)14-19(21(30)28-27)20(22(31)29-33)24(15-17(3)4,23(32)25(26)12-13-25)11-10-18-8-6-5-7-9-18;1-6-2-4-7(5-3-6)11(8,9)10/h5-11,16-17,19-20,33H,12-15,26-27H2,1-4H3,(H,28,30)(H,29,31);2-5H,1H3,(H,8,9,10)/b11-10+;/t19-,20-,24?;/m1./s1. The fraction of sp³-hybridized carbons (Fsp3) is 0.469. The average molecular weight is 631 g/mol. The zero-order chi connectivity index (χ0) is 33.3. The van der Waals surface area contributed by atoms with Crippen molar-refractivity contribution in [3.63, 3.8) is 0 Å². The summed E-state index contributed by atoms with van der Waals surface area (Å²) < 4.78 is 29.6. The van der Waals surface area contributed by atoms with Crippen LogP contribution in [0.25, 0.3) is 6.08 Å². The van der Waals surface area contributed by atoms with E-state index in [1.54, 1.807) is 29.8 Å². The van der Waals surface area contributed by atoms with Crippen LogP contribution in [0.15, 0.2) is 65.6 Å². The second kappa shape index (κ2) is 15.5. The smallest absolute Gasteiger partial charge is 0.294 e. The topological polar surface area (TPSA) is 202 Å². The molecule has 12 heteroatoms. The van der Waals surface area contributed by atoms with Gasteiger partial charge in [0.2, 0.25) is 11.8 Å². The maximum atomic E-state index is 14.1. The highest BCUT2D eigenvalue weighted by Gasteiger charge is 2.60. The minimum absolute atomic E-state index is 0.00801. The molecule has 3 atom stereocenters. The Balaban J connectivity index is 0.000000514. The van der Waals surface area contributed by atoms with Gasteiger partial charge in [-0.25, -0.2) is 11.3 Å². The van der Waals surface area contributed by atoms with E-state index in [4.69, 9.17) is 16.1 Å². The Morgan fingerprint density at radius 3 is 1.98 bits per heavy atom. The van der Waals surface area contributed by atoms with Gasteiger partial charge in [-0.1, -0.05) is 87.9 Å². The molecule has 0 bridgehead atoms. The number of nitrogens with one attached hydrogen (secondary N) is 2. The normalized spacial score (nSPS) is 16.8. The Morgan fingerprint density at radius 2 is 1.55 bits per heavy atom. The molecule has 1 fully saturated rings. The van der Waals surface area contributed by atoms with Crippen LogP contribution in [0.5, 0.6) is 0 Å². The Kier molecular flexibility index (Phi) is 13.0. The van der Waals surface area contributed by atoms with E-state index in [-0.39, 0.29) is 28.9 Å². The third kappa shape index (κ3) is 9.80. The lowest BCUT2D eigenvalue weighted by atomic mass is 9.59. The van der Waals surface area contributed by atoms with Gasteiger partial charge in [0.1, 0.15) is 0 Å². The zero-order valence-electron chi connectivity index (χ0n) is 26.0. The molecule has 11 nitrogen and oxygen atoms in total. The summed E-state index contributed by atoms with van der Waals surface area (Å²) in [6.07, 6.45) is 5.10. The number of hydrazine groups is 1. The van der Waals surface area contributed by atoms with Crippen molar-refractivity contribution in [3.8, 4) is 0 Å². The molecule has 2 amide bonds. The molecule has 44 heavy (non-hydrogen) atoms. The molecule has 1 saturated carbocycles. The van der Waals surface area contributed by atoms with Crippen LogP contribution in [-0.4, -0.2) is 41.3 Å². The number of amides is 2. The Labute approximate surface area is 260 Å². The molecule has 0 spiro atoms. The Hall–Kier alpha value is -3.42. The van der Waals surface area contributed by atoms with Gasteiger partial charge in [0.25, 0.3) is 10.1 Å². The first-order valence-electron chi connectivity index (χ1n) is 14.6. The molecule has 8 N–H and O–H groups in total. The molecular formula is C32H46N4O7S. The molecular weight excluding hydrogens is 584 g/mol. The van der Waals surface area contributed by atoms with E-state index >= 15 is 0 Å². The molecule has 0 saturated heterocycles. The van der Waals surface area contributed by atoms with Crippen LogP contribution in [0.4, 0.5) is 0 Å². The number of carbonyl (C=O) groups excluding carboxylic acids is 3. The van der Waals surface area contributed by atoms with E-state index in [1.807, 2.05) is 65.0 Å². The molecule has 1 aliphatic rings. The van der Waals surface area contributed by atoms with Crippen LogP contribution in [0.2, 0.25) is 0 Å². The van der Waals surface area contributed by atoms with Crippen LogP contribution < -0.4 is 22.5 Å². The van der Waals surface area contributed by atoms with E-state index in [0.29, 0.717) is 19.3 Å². The highest BCUT2D eigenvalue weighted by Crippen LogP contribution is 2.50. The van der Waals surface area contributed by atoms with E-state index in [1.165, 1.54) is 12.1 Å². The first-order chi connectivity index (χ1) is 20.5. The van der Waals surface area contributed by atoms with Crippen molar-refractivity contribution < 1.29 is 32.6 Å². The van der Waals surface area contributed by atoms with Gasteiger partial charge < -0.3 is 5.73 Å². The predicted octanol–water partition coefficient (Wildman–Crippen LogP) is 3.81. The summed E-state index contributed by atoms with van der Waals surface area (Å²) >= 11 is 0. The molecule has 2 aromatic carbocycles. The number of hydrogen-bond donors (Lipinski definition) is 6. The number of hydroxylamine groups is 1. The molecule has 0 aromatic heterocycles. The van der Waals surface area contributed by atoms with Crippen molar-refractivity contribution in [2.24, 2.45) is 40.7 Å². The van der Waals surface area contributed by atoms with Crippen molar-refractivity contribution >= 4 is 33.8 Å². The monoisotopic (exact) mass is 630 g/mol. The first kappa shape index (κ1) is 36.8. The van der Waals surface area contributed by atoms with Gasteiger partial charge in [0, 0.05) is 0 Å². The van der Waals surface area contributed by atoms with Crippen LogP contribution in [0.3, 0.4) is 0 Å². The highest BCUT2D eigenvalue weighted by atomic mass is 32.2. The summed E-state index contributed by atoms with van der Waals surface area (Å²) in [5.41, 5.74) is 9.59. The van der Waals surface area contributed by atoms with E-state index in [9.17, 15) is 28.0 Å². The van der Waals surface area contributed by atoms with E-state index < -0.39 is 44.7 Å². The number of allylic oxidation sites excluding steroid dienone is 1. The van der Waals surface area contributed by atoms with Crippen LogP contribution >= 0.6 is 0 Å². The highest BCUT2D eigenvalue weighted by molar-refractivity contribution is 7.85. The van der Waals surface area contributed by atoms with E-state index in [2.05, 4.69) is 5.43 Å². The number of hydrogen-bond acceptors (Lipinski definition) is 8. The van der Waals surface area contributed by atoms with Gasteiger partial charge in [0.15, 0.2) is 5.78 Å². The maximum Gasteiger partial charge on any atom is 0.294 e. The average Bonchev–Trinajstić information content (AvgIpc) is 3.72. The minimum Gasteiger partial charge on any atom is -0.319 e. The molecule has 242 valence electrons. The number of aryl methyl sites for hydroxylation is 1. The Morgan fingerprint density at radius 1 is 0.977 bits per heavy atom. The van der Waals surface area contributed by atoms with Crippen molar-refractivity contribution in [2.75, 3.05) is 0 Å². The second-order valence-corrected chi connectivity index (χ2v) is 13.8. The molecule has 0 aliphatic heterocycles. The SMILES string of the molecule is CC(C)C[C@@H](C(=O)NN)[C@H](C(=O)NO)C(/C=C/c1ccccc1)(CC(C)C)C(=O)C1(N)CC1.Cc1ccc(S(=O)(=O)O)cc1. The molecule has 0 radical (unpaired) electrons. The summed E-state index contributed by atoms with van der Waals surface area (Å²) in [4.78, 5) is 40.2. The molecule has 1 aliphatic carbocycles. The van der Waals surface area contributed by atoms with Crippen LogP contribution in [0, 0.1) is 36.0 Å². The first-order valence-corrected chi connectivity index (χ1v) is 16.0. The number of rotatable bonds is 13. The summed E-state index contributed by atoms with van der Waals surface area (Å²) in [7, 11) is -4.02. The van der Waals surface area contributed by atoms with Gasteiger partial charge in [-0.3, -0.25) is 29.6 Å². The maximum absolute atomic E-state index is 14.1. The Bertz CT molecular complexity index is 1410. The minimum atomic E-state index is -4.02. The third-order valence-corrected chi connectivity index (χ3v) is 8.52. The van der Waals surface area contributed by atoms with Crippen molar-refractivity contribution in [1.29, 1.82) is 0 Å². The van der Waals surface area contributed by atoms with Crippen LogP contribution in [-0.2, 0) is 24.5 Å². The number of benzene rings is 2. The summed E-state index contributed by atoms with van der Waals surface area (Å²) in [5, 5.41) is 9.70. The molecule has 3 rings (SSSR count). The summed E-state index contributed by atoms with van der Waals surface area (Å²) in [6, 6.07) is 15.4. The van der Waals surface area contributed by atoms with Crippen LogP contribution in [0.1, 0.15) is 64.5 Å². The van der Waals surface area contributed by atoms with E-state index in [0.717, 1.165) is 11.1 Å². The lowest BCUT2D eigenvalue weighted by molar-refractivity contribution is -0.152. The summed E-state index contributed by atoms with van der Waals surface area (Å²) in [5.74, 6) is 1.70. The largest absolute Gasteiger partial charge is 0.319 e.